The highest BCUT2D eigenvalue weighted by Crippen LogP contribution is 2.37. The Morgan fingerprint density at radius 1 is 0.969 bits per heavy atom. The third kappa shape index (κ3) is 7.70. The molecule has 7 nitrogen and oxygen atoms in total. The number of hydrogen-bond donors (Lipinski definition) is 1. The molecule has 1 aliphatic carbocycles. The second-order valence-corrected chi connectivity index (χ2v) is 19.1. The predicted molar refractivity (Wildman–Crippen MR) is 132 cm³/mol. The molecule has 2 rings (SSSR count). The van der Waals surface area contributed by atoms with Crippen LogP contribution in [-0.4, -0.2) is 63.7 Å². The van der Waals surface area contributed by atoms with Gasteiger partial charge < -0.3 is 14.5 Å². The molecule has 188 valence electrons. The lowest BCUT2D eigenvalue weighted by Crippen LogP contribution is -2.48. The Bertz CT molecular complexity index is 726. The van der Waals surface area contributed by atoms with E-state index >= 15 is 0 Å². The average Bonchev–Trinajstić information content (AvgIpc) is 2.65. The zero-order valence-electron chi connectivity index (χ0n) is 21.5. The number of carbonyl (C=O) groups excluding carboxylic acids is 1. The van der Waals surface area contributed by atoms with Gasteiger partial charge in [-0.15, -0.1) is 0 Å². The van der Waals surface area contributed by atoms with Crippen molar-refractivity contribution in [3.05, 3.63) is 0 Å². The molecular weight excluding hydrogens is 444 g/mol. The predicted octanol–water partition coefficient (Wildman–Crippen LogP) is 4.89. The van der Waals surface area contributed by atoms with Crippen LogP contribution in [0.3, 0.4) is 0 Å². The first-order valence-corrected chi connectivity index (χ1v) is 16.5. The Hall–Kier alpha value is -0.643. The normalized spacial score (nSPS) is 24.9. The van der Waals surface area contributed by atoms with Crippen molar-refractivity contribution >= 4 is 24.4 Å². The third-order valence-corrected chi connectivity index (χ3v) is 14.1. The van der Waals surface area contributed by atoms with Gasteiger partial charge in [-0.05, 0) is 83.3 Å². The lowest BCUT2D eigenvalue weighted by atomic mass is 9.95. The molecule has 0 bridgehead atoms. The molecule has 0 aromatic carbocycles. The second kappa shape index (κ2) is 10.3. The molecular formula is C23H46N2O5SSi. The summed E-state index contributed by atoms with van der Waals surface area (Å²) in [6.07, 6.45) is 3.80. The minimum absolute atomic E-state index is 0.0190. The fourth-order valence-electron chi connectivity index (χ4n) is 4.06. The van der Waals surface area contributed by atoms with Crippen molar-refractivity contribution in [1.29, 1.82) is 0 Å². The van der Waals surface area contributed by atoms with Crippen molar-refractivity contribution < 1.29 is 22.4 Å². The average molecular weight is 491 g/mol. The highest BCUT2D eigenvalue weighted by Gasteiger charge is 2.40. The summed E-state index contributed by atoms with van der Waals surface area (Å²) in [6, 6.07) is -0.0190. The zero-order chi connectivity index (χ0) is 24.4. The van der Waals surface area contributed by atoms with Gasteiger partial charge in [0.15, 0.2) is 8.32 Å². The van der Waals surface area contributed by atoms with Crippen molar-refractivity contribution in [3.63, 3.8) is 0 Å². The van der Waals surface area contributed by atoms with E-state index in [2.05, 4.69) is 39.2 Å². The fraction of sp³-hybridized carbons (Fsp3) is 0.957. The standard InChI is InChI=1S/C23H46N2O5SSi/c1-22(2,3)30-21(26)24-19-9-11-20(12-10-19)31(27,28)25-15-13-18(14-16-25)17-29-32(7,8)23(4,5)6/h18-20H,9-17H2,1-8H3,(H,24,26). The molecule has 32 heavy (non-hydrogen) atoms. The van der Waals surface area contributed by atoms with E-state index in [1.807, 2.05) is 20.8 Å². The van der Waals surface area contributed by atoms with Crippen molar-refractivity contribution in [3.8, 4) is 0 Å². The van der Waals surface area contributed by atoms with Gasteiger partial charge in [-0.25, -0.2) is 17.5 Å². The van der Waals surface area contributed by atoms with Crippen molar-refractivity contribution in [1.82, 2.24) is 9.62 Å². The van der Waals surface area contributed by atoms with Crippen LogP contribution in [0.5, 0.6) is 0 Å². The summed E-state index contributed by atoms with van der Waals surface area (Å²) in [5.74, 6) is 0.435. The number of piperidine rings is 1. The second-order valence-electron chi connectivity index (χ2n) is 12.1. The van der Waals surface area contributed by atoms with E-state index in [9.17, 15) is 13.2 Å². The van der Waals surface area contributed by atoms with Crippen LogP contribution >= 0.6 is 0 Å². The summed E-state index contributed by atoms with van der Waals surface area (Å²) in [6.45, 7) is 18.7. The van der Waals surface area contributed by atoms with Gasteiger partial charge in [-0.3, -0.25) is 0 Å². The fourth-order valence-corrected chi connectivity index (χ4v) is 7.16. The number of nitrogens with zero attached hydrogens (tertiary/aromatic N) is 1. The highest BCUT2D eigenvalue weighted by atomic mass is 32.2. The minimum atomic E-state index is -3.30. The van der Waals surface area contributed by atoms with Gasteiger partial charge in [0.1, 0.15) is 5.60 Å². The van der Waals surface area contributed by atoms with E-state index in [1.54, 1.807) is 4.31 Å². The van der Waals surface area contributed by atoms with Crippen molar-refractivity contribution in [2.75, 3.05) is 19.7 Å². The molecule has 0 spiro atoms. The molecule has 1 saturated heterocycles. The largest absolute Gasteiger partial charge is 0.444 e. The zero-order valence-corrected chi connectivity index (χ0v) is 23.3. The van der Waals surface area contributed by atoms with E-state index in [4.69, 9.17) is 9.16 Å². The van der Waals surface area contributed by atoms with E-state index in [0.717, 1.165) is 19.4 Å². The summed E-state index contributed by atoms with van der Waals surface area (Å²) >= 11 is 0. The number of sulfonamides is 1. The number of amides is 1. The SMILES string of the molecule is CC(C)(C)OC(=O)NC1CCC(S(=O)(=O)N2CCC(CO[Si](C)(C)C(C)(C)C)CC2)CC1. The van der Waals surface area contributed by atoms with Crippen LogP contribution in [0, 0.1) is 5.92 Å². The Morgan fingerprint density at radius 2 is 1.50 bits per heavy atom. The molecule has 1 aliphatic heterocycles. The van der Waals surface area contributed by atoms with Crippen molar-refractivity contribution in [2.45, 2.75) is 115 Å². The molecule has 0 unspecified atom stereocenters. The van der Waals surface area contributed by atoms with E-state index in [0.29, 0.717) is 44.7 Å². The first-order valence-electron chi connectivity index (χ1n) is 12.1. The lowest BCUT2D eigenvalue weighted by Gasteiger charge is -2.39. The van der Waals surface area contributed by atoms with Crippen LogP contribution in [0.2, 0.25) is 18.1 Å². The van der Waals surface area contributed by atoms with Gasteiger partial charge in [0.2, 0.25) is 10.0 Å². The molecule has 0 radical (unpaired) electrons. The topological polar surface area (TPSA) is 84.9 Å². The summed E-state index contributed by atoms with van der Waals surface area (Å²) in [7, 11) is -5.07. The van der Waals surface area contributed by atoms with Crippen molar-refractivity contribution in [2.24, 2.45) is 5.92 Å². The number of carbonyl (C=O) groups is 1. The maximum absolute atomic E-state index is 13.2. The van der Waals surface area contributed by atoms with Crippen LogP contribution < -0.4 is 5.32 Å². The molecule has 1 N–H and O–H groups in total. The van der Waals surface area contributed by atoms with Gasteiger partial charge in [0.05, 0.1) is 5.25 Å². The summed E-state index contributed by atoms with van der Waals surface area (Å²) in [5, 5.41) is 2.73. The van der Waals surface area contributed by atoms with Gasteiger partial charge in [0, 0.05) is 25.7 Å². The van der Waals surface area contributed by atoms with Crippen LogP contribution in [-0.2, 0) is 19.2 Å². The van der Waals surface area contributed by atoms with Gasteiger partial charge >= 0.3 is 6.09 Å². The summed E-state index contributed by atoms with van der Waals surface area (Å²) in [5.41, 5.74) is -0.535. The monoisotopic (exact) mass is 490 g/mol. The molecule has 1 amide bonds. The Labute approximate surface area is 197 Å². The van der Waals surface area contributed by atoms with Gasteiger partial charge in [0.25, 0.3) is 0 Å². The molecule has 2 fully saturated rings. The molecule has 1 saturated carbocycles. The molecule has 9 heteroatoms. The Balaban J connectivity index is 1.79. The van der Waals surface area contributed by atoms with Gasteiger partial charge in [-0.2, -0.15) is 0 Å². The number of ether oxygens (including phenoxy) is 1. The van der Waals surface area contributed by atoms with E-state index in [1.165, 1.54) is 0 Å². The van der Waals surface area contributed by atoms with Gasteiger partial charge in [-0.1, -0.05) is 20.8 Å². The summed E-state index contributed by atoms with van der Waals surface area (Å²) < 4.78 is 39.8. The van der Waals surface area contributed by atoms with Crippen LogP contribution in [0.25, 0.3) is 0 Å². The van der Waals surface area contributed by atoms with Crippen LogP contribution in [0.4, 0.5) is 4.79 Å². The number of rotatable bonds is 6. The first kappa shape index (κ1) is 27.6. The quantitative estimate of drug-likeness (QED) is 0.536. The van der Waals surface area contributed by atoms with Crippen LogP contribution in [0.15, 0.2) is 0 Å². The Kier molecular flexibility index (Phi) is 8.90. The minimum Gasteiger partial charge on any atom is -0.444 e. The smallest absolute Gasteiger partial charge is 0.407 e. The number of nitrogens with one attached hydrogen (secondary N) is 1. The highest BCUT2D eigenvalue weighted by molar-refractivity contribution is 7.89. The lowest BCUT2D eigenvalue weighted by molar-refractivity contribution is 0.0493. The van der Waals surface area contributed by atoms with Crippen LogP contribution in [0.1, 0.15) is 80.1 Å². The number of alkyl carbamates (subject to hydrolysis) is 1. The third-order valence-electron chi connectivity index (χ3n) is 7.24. The number of hydrogen-bond acceptors (Lipinski definition) is 5. The maximum atomic E-state index is 13.2. The Morgan fingerprint density at radius 3 is 1.97 bits per heavy atom. The molecule has 1 heterocycles. The van der Waals surface area contributed by atoms with E-state index in [-0.39, 0.29) is 16.3 Å². The van der Waals surface area contributed by atoms with E-state index < -0.39 is 30.0 Å². The maximum Gasteiger partial charge on any atom is 0.407 e. The first-order chi connectivity index (χ1) is 14.5. The molecule has 0 atom stereocenters. The summed E-state index contributed by atoms with van der Waals surface area (Å²) in [4.78, 5) is 12.0. The molecule has 0 aromatic heterocycles. The molecule has 0 aromatic rings. The molecule has 2 aliphatic rings.